The number of carboxylic acid groups (broad SMARTS) is 1. The number of anilines is 1. The number of benzene rings is 1. The largest absolute Gasteiger partial charge is 0.490 e. The van der Waals surface area contributed by atoms with E-state index in [1.165, 1.54) is 0 Å². The highest BCUT2D eigenvalue weighted by atomic mass is 19.4. The molecule has 1 N–H and O–H groups in total. The van der Waals surface area contributed by atoms with E-state index in [4.69, 9.17) is 9.90 Å². The van der Waals surface area contributed by atoms with Crippen LogP contribution in [0.3, 0.4) is 0 Å². The minimum absolute atomic E-state index is 0.0335. The Hall–Kier alpha value is -3.17. The summed E-state index contributed by atoms with van der Waals surface area (Å²) in [6, 6.07) is 11.3. The van der Waals surface area contributed by atoms with Crippen LogP contribution in [0.15, 0.2) is 48.8 Å². The molecule has 1 unspecified atom stereocenters. The predicted molar refractivity (Wildman–Crippen MR) is 97.4 cm³/mol. The van der Waals surface area contributed by atoms with Gasteiger partial charge in [0.25, 0.3) is 5.91 Å². The van der Waals surface area contributed by atoms with Crippen molar-refractivity contribution in [2.75, 3.05) is 24.5 Å². The van der Waals surface area contributed by atoms with E-state index in [0.717, 1.165) is 44.0 Å². The smallest absolute Gasteiger partial charge is 0.475 e. The maximum atomic E-state index is 12.6. The average Bonchev–Trinajstić information content (AvgIpc) is 3.16. The predicted octanol–water partition coefficient (Wildman–Crippen LogP) is 2.60. The quantitative estimate of drug-likeness (QED) is 0.822. The Morgan fingerprint density at radius 3 is 2.10 bits per heavy atom. The molecule has 1 aromatic heterocycles. The normalized spacial score (nSPS) is 20.7. The molecule has 4 rings (SSSR count). The van der Waals surface area contributed by atoms with Crippen molar-refractivity contribution in [2.45, 2.75) is 24.6 Å². The van der Waals surface area contributed by atoms with Gasteiger partial charge < -0.3 is 14.9 Å². The number of likely N-dealkylation sites (tertiary alicyclic amines) is 1. The molecule has 0 aliphatic carbocycles. The SMILES string of the molecule is O=C(O)C(F)(F)F.O=C(c1ccccc1)N1CCC2(CCN2c2ncccn2)C1. The monoisotopic (exact) mass is 408 g/mol. The third-order valence-corrected chi connectivity index (χ3v) is 5.05. The highest BCUT2D eigenvalue weighted by molar-refractivity contribution is 5.94. The topological polar surface area (TPSA) is 86.6 Å². The van der Waals surface area contributed by atoms with Crippen molar-refractivity contribution in [3.05, 3.63) is 54.4 Å². The van der Waals surface area contributed by atoms with Crippen molar-refractivity contribution in [1.82, 2.24) is 14.9 Å². The third kappa shape index (κ3) is 4.47. The van der Waals surface area contributed by atoms with Crippen molar-refractivity contribution in [3.63, 3.8) is 0 Å². The van der Waals surface area contributed by atoms with Gasteiger partial charge in [0.05, 0.1) is 5.54 Å². The number of alkyl halides is 3. The molecule has 0 saturated carbocycles. The number of carbonyl (C=O) groups excluding carboxylic acids is 1. The highest BCUT2D eigenvalue weighted by Crippen LogP contribution is 2.41. The molecule has 1 aromatic carbocycles. The number of carboxylic acids is 1. The van der Waals surface area contributed by atoms with Crippen LogP contribution in [0.2, 0.25) is 0 Å². The number of carbonyl (C=O) groups is 2. The van der Waals surface area contributed by atoms with Gasteiger partial charge in [-0.05, 0) is 31.0 Å². The van der Waals surface area contributed by atoms with E-state index in [0.29, 0.717) is 0 Å². The lowest BCUT2D eigenvalue weighted by atomic mass is 9.84. The maximum Gasteiger partial charge on any atom is 0.490 e. The average molecular weight is 408 g/mol. The lowest BCUT2D eigenvalue weighted by molar-refractivity contribution is -0.192. The summed E-state index contributed by atoms with van der Waals surface area (Å²) in [4.78, 5) is 34.4. The molecule has 1 amide bonds. The first kappa shape index (κ1) is 20.6. The number of halogens is 3. The minimum atomic E-state index is -5.08. The molecule has 2 aliphatic heterocycles. The molecule has 154 valence electrons. The fourth-order valence-corrected chi connectivity index (χ4v) is 3.50. The number of amides is 1. The van der Waals surface area contributed by atoms with Gasteiger partial charge >= 0.3 is 12.1 Å². The first-order valence-electron chi connectivity index (χ1n) is 8.92. The van der Waals surface area contributed by atoms with Crippen molar-refractivity contribution in [3.8, 4) is 0 Å². The second-order valence-corrected chi connectivity index (χ2v) is 6.82. The zero-order valence-corrected chi connectivity index (χ0v) is 15.3. The molecule has 0 bridgehead atoms. The Kier molecular flexibility index (Phi) is 5.71. The van der Waals surface area contributed by atoms with Crippen LogP contribution < -0.4 is 4.90 Å². The lowest BCUT2D eigenvalue weighted by Gasteiger charge is -2.50. The summed E-state index contributed by atoms with van der Waals surface area (Å²) in [5, 5.41) is 7.12. The van der Waals surface area contributed by atoms with Gasteiger partial charge in [-0.2, -0.15) is 13.2 Å². The number of aromatic nitrogens is 2. The molecule has 2 fully saturated rings. The van der Waals surface area contributed by atoms with Crippen LogP contribution in [-0.4, -0.2) is 63.2 Å². The summed E-state index contributed by atoms with van der Waals surface area (Å²) in [6.07, 6.45) is 0.556. The Labute approximate surface area is 164 Å². The van der Waals surface area contributed by atoms with Crippen molar-refractivity contribution >= 4 is 17.8 Å². The Morgan fingerprint density at radius 1 is 1.00 bits per heavy atom. The van der Waals surface area contributed by atoms with Gasteiger partial charge in [-0.3, -0.25) is 4.79 Å². The molecular weight excluding hydrogens is 389 g/mol. The van der Waals surface area contributed by atoms with Crippen LogP contribution in [0.4, 0.5) is 19.1 Å². The Bertz CT molecular complexity index is 864. The molecule has 1 spiro atoms. The molecule has 10 heteroatoms. The fraction of sp³-hybridized carbons (Fsp3) is 0.368. The van der Waals surface area contributed by atoms with Gasteiger partial charge in [0.15, 0.2) is 0 Å². The summed E-state index contributed by atoms with van der Waals surface area (Å²) in [6.45, 7) is 2.54. The molecule has 7 nitrogen and oxygen atoms in total. The van der Waals surface area contributed by atoms with Crippen LogP contribution in [0.5, 0.6) is 0 Å². The van der Waals surface area contributed by atoms with E-state index in [1.807, 2.05) is 41.3 Å². The van der Waals surface area contributed by atoms with Crippen LogP contribution in [0.1, 0.15) is 23.2 Å². The standard InChI is InChI=1S/C17H18N4O.C2HF3O2/c22-15(14-5-2-1-3-6-14)20-11-7-17(13-20)8-12-21(17)16-18-9-4-10-19-16;3-2(4,5)1(6)7/h1-6,9-10H,7-8,11-13H2;(H,6,7). The van der Waals surface area contributed by atoms with Gasteiger partial charge in [-0.25, -0.2) is 14.8 Å². The molecule has 2 saturated heterocycles. The van der Waals surface area contributed by atoms with Crippen LogP contribution in [-0.2, 0) is 4.79 Å². The lowest BCUT2D eigenvalue weighted by Crippen LogP contribution is -2.62. The third-order valence-electron chi connectivity index (χ3n) is 5.05. The van der Waals surface area contributed by atoms with E-state index in [-0.39, 0.29) is 11.4 Å². The number of nitrogens with zero attached hydrogens (tertiary/aromatic N) is 4. The van der Waals surface area contributed by atoms with Gasteiger partial charge in [-0.1, -0.05) is 18.2 Å². The van der Waals surface area contributed by atoms with Crippen molar-refractivity contribution < 1.29 is 27.9 Å². The molecule has 0 radical (unpaired) electrons. The Balaban J connectivity index is 0.000000298. The Morgan fingerprint density at radius 2 is 1.59 bits per heavy atom. The van der Waals surface area contributed by atoms with E-state index >= 15 is 0 Å². The zero-order chi connectivity index (χ0) is 21.1. The van der Waals surface area contributed by atoms with Gasteiger partial charge in [0.2, 0.25) is 5.95 Å². The van der Waals surface area contributed by atoms with Crippen LogP contribution in [0, 0.1) is 0 Å². The summed E-state index contributed by atoms with van der Waals surface area (Å²) in [7, 11) is 0. The van der Waals surface area contributed by atoms with E-state index < -0.39 is 12.1 Å². The van der Waals surface area contributed by atoms with Gasteiger partial charge in [-0.15, -0.1) is 0 Å². The number of hydrogen-bond donors (Lipinski definition) is 1. The summed E-state index contributed by atoms with van der Waals surface area (Å²) in [5.74, 6) is -1.85. The molecule has 29 heavy (non-hydrogen) atoms. The molecular formula is C19H19F3N4O3. The number of aliphatic carboxylic acids is 1. The first-order valence-corrected chi connectivity index (χ1v) is 8.92. The fourth-order valence-electron chi connectivity index (χ4n) is 3.50. The van der Waals surface area contributed by atoms with E-state index in [1.54, 1.807) is 12.4 Å². The van der Waals surface area contributed by atoms with E-state index in [2.05, 4.69) is 14.9 Å². The molecule has 2 aromatic rings. The summed E-state index contributed by atoms with van der Waals surface area (Å²) in [5.41, 5.74) is 0.799. The second kappa shape index (κ2) is 8.06. The van der Waals surface area contributed by atoms with Crippen LogP contribution in [0.25, 0.3) is 0 Å². The van der Waals surface area contributed by atoms with Crippen LogP contribution >= 0.6 is 0 Å². The first-order chi connectivity index (χ1) is 13.7. The molecule has 1 atom stereocenters. The summed E-state index contributed by atoms with van der Waals surface area (Å²) < 4.78 is 31.7. The van der Waals surface area contributed by atoms with Gasteiger partial charge in [0.1, 0.15) is 0 Å². The maximum absolute atomic E-state index is 12.6. The minimum Gasteiger partial charge on any atom is -0.475 e. The molecule has 3 heterocycles. The number of hydrogen-bond acceptors (Lipinski definition) is 5. The second-order valence-electron chi connectivity index (χ2n) is 6.82. The van der Waals surface area contributed by atoms with Gasteiger partial charge in [0, 0.05) is 37.6 Å². The van der Waals surface area contributed by atoms with E-state index in [9.17, 15) is 18.0 Å². The molecule has 2 aliphatic rings. The summed E-state index contributed by atoms with van der Waals surface area (Å²) >= 11 is 0. The van der Waals surface area contributed by atoms with Crippen molar-refractivity contribution in [1.29, 1.82) is 0 Å². The van der Waals surface area contributed by atoms with Crippen molar-refractivity contribution in [2.24, 2.45) is 0 Å². The number of rotatable bonds is 2. The zero-order valence-electron chi connectivity index (χ0n) is 15.3. The highest BCUT2D eigenvalue weighted by Gasteiger charge is 2.51.